The maximum absolute atomic E-state index is 5.41. The Hall–Kier alpha value is -0.310. The van der Waals surface area contributed by atoms with E-state index in [1.54, 1.807) is 6.20 Å². The van der Waals surface area contributed by atoms with E-state index in [9.17, 15) is 0 Å². The number of nitrogens with zero attached hydrogens (tertiary/aromatic N) is 1. The minimum Gasteiger partial charge on any atom is -0.326 e. The highest BCUT2D eigenvalue weighted by molar-refractivity contribution is 5.85. The van der Waals surface area contributed by atoms with Gasteiger partial charge in [0.05, 0.1) is 0 Å². The molecule has 0 aliphatic rings. The summed E-state index contributed by atoms with van der Waals surface area (Å²) >= 11 is 0. The Balaban J connectivity index is 0. The van der Waals surface area contributed by atoms with E-state index < -0.39 is 0 Å². The second kappa shape index (κ2) is 6.40. The van der Waals surface area contributed by atoms with Crippen LogP contribution in [0.15, 0.2) is 18.3 Å². The van der Waals surface area contributed by atoms with Crippen LogP contribution in [0.2, 0.25) is 0 Å². The number of halogens is 2. The molecule has 1 aromatic heterocycles. The summed E-state index contributed by atoms with van der Waals surface area (Å²) in [6.45, 7) is 2.54. The lowest BCUT2D eigenvalue weighted by molar-refractivity contribution is 1.01. The molecular weight excluding hydrogens is 183 g/mol. The summed E-state index contributed by atoms with van der Waals surface area (Å²) < 4.78 is 0. The van der Waals surface area contributed by atoms with E-state index >= 15 is 0 Å². The summed E-state index contributed by atoms with van der Waals surface area (Å²) in [6, 6.07) is 3.89. The van der Waals surface area contributed by atoms with Crippen molar-refractivity contribution in [2.45, 2.75) is 13.5 Å². The minimum absolute atomic E-state index is 0. The van der Waals surface area contributed by atoms with Crippen molar-refractivity contribution < 1.29 is 0 Å². The molecule has 0 aliphatic heterocycles. The number of nitrogens with two attached hydrogens (primary N) is 1. The number of aryl methyl sites for hydroxylation is 1. The molecule has 64 valence electrons. The van der Waals surface area contributed by atoms with Crippen molar-refractivity contribution in [3.8, 4) is 0 Å². The number of hydrogen-bond acceptors (Lipinski definition) is 2. The fourth-order valence-corrected chi connectivity index (χ4v) is 0.733. The zero-order chi connectivity index (χ0) is 6.69. The van der Waals surface area contributed by atoms with Crippen LogP contribution in [0.25, 0.3) is 0 Å². The third-order valence-corrected chi connectivity index (χ3v) is 1.34. The summed E-state index contributed by atoms with van der Waals surface area (Å²) in [5.74, 6) is 0. The van der Waals surface area contributed by atoms with E-state index in [2.05, 4.69) is 4.98 Å². The van der Waals surface area contributed by atoms with Gasteiger partial charge in [-0.2, -0.15) is 0 Å². The first-order valence-corrected chi connectivity index (χ1v) is 2.95. The zero-order valence-corrected chi connectivity index (χ0v) is 7.91. The van der Waals surface area contributed by atoms with Crippen LogP contribution in [0, 0.1) is 6.92 Å². The molecule has 0 bridgehead atoms. The lowest BCUT2D eigenvalue weighted by Gasteiger charge is -1.97. The standard InChI is InChI=1S/C7H10N2.2ClH/c1-6-7(5-8)3-2-4-9-6;;/h2-4H,5,8H2,1H3;2*1H. The molecule has 0 aliphatic carbocycles. The SMILES string of the molecule is Cc1ncccc1CN.Cl.Cl. The highest BCUT2D eigenvalue weighted by Gasteiger charge is 1.91. The lowest BCUT2D eigenvalue weighted by Crippen LogP contribution is -1.99. The van der Waals surface area contributed by atoms with Crippen LogP contribution in [0.3, 0.4) is 0 Å². The topological polar surface area (TPSA) is 38.9 Å². The van der Waals surface area contributed by atoms with Gasteiger partial charge in [-0.3, -0.25) is 4.98 Å². The molecule has 1 rings (SSSR count). The smallest absolute Gasteiger partial charge is 0.0417 e. The van der Waals surface area contributed by atoms with Crippen LogP contribution in [-0.2, 0) is 6.54 Å². The average Bonchev–Trinajstić information content (AvgIpc) is 1.89. The van der Waals surface area contributed by atoms with Gasteiger partial charge in [-0.25, -0.2) is 0 Å². The van der Waals surface area contributed by atoms with Crippen molar-refractivity contribution in [3.05, 3.63) is 29.6 Å². The first-order chi connectivity index (χ1) is 4.34. The van der Waals surface area contributed by atoms with E-state index in [0.717, 1.165) is 11.3 Å². The Morgan fingerprint density at radius 1 is 1.45 bits per heavy atom. The summed E-state index contributed by atoms with van der Waals surface area (Å²) in [6.07, 6.45) is 1.77. The highest BCUT2D eigenvalue weighted by Crippen LogP contribution is 2.00. The molecule has 0 unspecified atom stereocenters. The third-order valence-electron chi connectivity index (χ3n) is 1.34. The van der Waals surface area contributed by atoms with Gasteiger partial charge in [0.1, 0.15) is 0 Å². The molecule has 0 saturated carbocycles. The molecule has 0 aromatic carbocycles. The number of hydrogen-bond donors (Lipinski definition) is 1. The molecule has 0 atom stereocenters. The van der Waals surface area contributed by atoms with Crippen LogP contribution in [0.1, 0.15) is 11.3 Å². The van der Waals surface area contributed by atoms with Gasteiger partial charge in [-0.15, -0.1) is 24.8 Å². The molecule has 2 N–H and O–H groups in total. The maximum atomic E-state index is 5.41. The predicted octanol–water partition coefficient (Wildman–Crippen LogP) is 1.69. The normalized spacial score (nSPS) is 7.82. The Bertz CT molecular complexity index is 203. The van der Waals surface area contributed by atoms with Gasteiger partial charge in [0.2, 0.25) is 0 Å². The van der Waals surface area contributed by atoms with Gasteiger partial charge >= 0.3 is 0 Å². The Morgan fingerprint density at radius 3 is 2.45 bits per heavy atom. The molecule has 11 heavy (non-hydrogen) atoms. The second-order valence-electron chi connectivity index (χ2n) is 1.95. The molecule has 1 aromatic rings. The quantitative estimate of drug-likeness (QED) is 0.740. The van der Waals surface area contributed by atoms with E-state index in [4.69, 9.17) is 5.73 Å². The molecule has 2 nitrogen and oxygen atoms in total. The van der Waals surface area contributed by atoms with Gasteiger partial charge in [0, 0.05) is 18.4 Å². The van der Waals surface area contributed by atoms with E-state index in [1.807, 2.05) is 19.1 Å². The van der Waals surface area contributed by atoms with Gasteiger partial charge in [-0.1, -0.05) is 6.07 Å². The average molecular weight is 195 g/mol. The molecule has 0 amide bonds. The van der Waals surface area contributed by atoms with Crippen LogP contribution >= 0.6 is 24.8 Å². The fourth-order valence-electron chi connectivity index (χ4n) is 0.733. The maximum Gasteiger partial charge on any atom is 0.0417 e. The van der Waals surface area contributed by atoms with Crippen LogP contribution in [0.4, 0.5) is 0 Å². The summed E-state index contributed by atoms with van der Waals surface area (Å²) in [5, 5.41) is 0. The molecule has 1 heterocycles. The molecule has 0 saturated heterocycles. The molecule has 0 spiro atoms. The largest absolute Gasteiger partial charge is 0.326 e. The second-order valence-corrected chi connectivity index (χ2v) is 1.95. The highest BCUT2D eigenvalue weighted by atomic mass is 35.5. The van der Waals surface area contributed by atoms with Crippen molar-refractivity contribution in [2.24, 2.45) is 5.73 Å². The van der Waals surface area contributed by atoms with Gasteiger partial charge in [-0.05, 0) is 18.6 Å². The van der Waals surface area contributed by atoms with Gasteiger partial charge in [0.15, 0.2) is 0 Å². The first kappa shape index (κ1) is 13.3. The van der Waals surface area contributed by atoms with Crippen LogP contribution < -0.4 is 5.73 Å². The summed E-state index contributed by atoms with van der Waals surface area (Å²) in [5.41, 5.74) is 7.56. The van der Waals surface area contributed by atoms with Crippen molar-refractivity contribution >= 4 is 24.8 Å². The number of pyridine rings is 1. The van der Waals surface area contributed by atoms with Crippen molar-refractivity contribution in [2.75, 3.05) is 0 Å². The van der Waals surface area contributed by atoms with Crippen LogP contribution in [0.5, 0.6) is 0 Å². The van der Waals surface area contributed by atoms with Crippen molar-refractivity contribution in [1.29, 1.82) is 0 Å². The Labute approximate surface area is 79.0 Å². The monoisotopic (exact) mass is 194 g/mol. The Morgan fingerprint density at radius 2 is 2.09 bits per heavy atom. The first-order valence-electron chi connectivity index (χ1n) is 2.95. The van der Waals surface area contributed by atoms with Gasteiger partial charge in [0.25, 0.3) is 0 Å². The van der Waals surface area contributed by atoms with Crippen LogP contribution in [-0.4, -0.2) is 4.98 Å². The lowest BCUT2D eigenvalue weighted by atomic mass is 10.2. The fraction of sp³-hybridized carbons (Fsp3) is 0.286. The molecule has 4 heteroatoms. The third kappa shape index (κ3) is 3.56. The molecule has 0 radical (unpaired) electrons. The van der Waals surface area contributed by atoms with E-state index in [-0.39, 0.29) is 24.8 Å². The van der Waals surface area contributed by atoms with Gasteiger partial charge < -0.3 is 5.73 Å². The summed E-state index contributed by atoms with van der Waals surface area (Å²) in [4.78, 5) is 4.07. The summed E-state index contributed by atoms with van der Waals surface area (Å²) in [7, 11) is 0. The van der Waals surface area contributed by atoms with E-state index in [1.165, 1.54) is 0 Å². The number of rotatable bonds is 1. The zero-order valence-electron chi connectivity index (χ0n) is 6.28. The van der Waals surface area contributed by atoms with Crippen molar-refractivity contribution in [3.63, 3.8) is 0 Å². The Kier molecular flexibility index (Phi) is 7.74. The van der Waals surface area contributed by atoms with E-state index in [0.29, 0.717) is 6.54 Å². The molecular formula is C7H12Cl2N2. The number of aromatic nitrogens is 1. The van der Waals surface area contributed by atoms with Crippen molar-refractivity contribution in [1.82, 2.24) is 4.98 Å². The molecule has 0 fully saturated rings. The minimum atomic E-state index is 0. The predicted molar refractivity (Wildman–Crippen MR) is 51.4 cm³/mol.